The highest BCUT2D eigenvalue weighted by molar-refractivity contribution is 9.10. The highest BCUT2D eigenvalue weighted by Crippen LogP contribution is 2.51. The Morgan fingerprint density at radius 3 is 2.62 bits per heavy atom. The van der Waals surface area contributed by atoms with Gasteiger partial charge in [-0.3, -0.25) is 0 Å². The minimum Gasteiger partial charge on any atom is -0.378 e. The Kier molecular flexibility index (Phi) is 3.27. The minimum atomic E-state index is 0.367. The molecule has 1 N–H and O–H groups in total. The first kappa shape index (κ1) is 14.3. The molecule has 3 aromatic carbocycles. The fourth-order valence-corrected chi connectivity index (χ4v) is 4.65. The SMILES string of the molecule is Brc1ccc([C@@H]2Nc3ccc4ccccc4c3[C@H]3C=CC[C@@H]32)cc1. The summed E-state index contributed by atoms with van der Waals surface area (Å²) in [4.78, 5) is 0. The van der Waals surface area contributed by atoms with Crippen molar-refractivity contribution in [3.05, 3.63) is 88.4 Å². The van der Waals surface area contributed by atoms with Crippen molar-refractivity contribution in [3.63, 3.8) is 0 Å². The number of halogens is 1. The average molecular weight is 376 g/mol. The van der Waals surface area contributed by atoms with Crippen LogP contribution in [0.3, 0.4) is 0 Å². The molecule has 0 saturated carbocycles. The standard InChI is InChI=1S/C22H18BrN/c23-16-11-8-15(9-12-16)22-19-7-3-6-18(19)21-17-5-2-1-4-14(17)10-13-20(21)24-22/h1-6,8-13,18-19,22,24H,7H2/t18-,19-,22-/m0/s1. The monoisotopic (exact) mass is 375 g/mol. The number of benzene rings is 3. The lowest BCUT2D eigenvalue weighted by atomic mass is 9.75. The fraction of sp³-hybridized carbons (Fsp3) is 0.182. The molecule has 3 aromatic rings. The summed E-state index contributed by atoms with van der Waals surface area (Å²) in [7, 11) is 0. The number of anilines is 1. The number of hydrogen-bond acceptors (Lipinski definition) is 1. The number of nitrogens with one attached hydrogen (secondary N) is 1. The van der Waals surface area contributed by atoms with E-state index in [9.17, 15) is 0 Å². The van der Waals surface area contributed by atoms with Gasteiger partial charge in [0.25, 0.3) is 0 Å². The van der Waals surface area contributed by atoms with Crippen LogP contribution in [0.15, 0.2) is 77.3 Å². The number of rotatable bonds is 1. The van der Waals surface area contributed by atoms with Crippen molar-refractivity contribution in [1.82, 2.24) is 0 Å². The van der Waals surface area contributed by atoms with E-state index in [-0.39, 0.29) is 0 Å². The van der Waals surface area contributed by atoms with E-state index in [1.807, 2.05) is 0 Å². The highest BCUT2D eigenvalue weighted by atomic mass is 79.9. The van der Waals surface area contributed by atoms with Crippen LogP contribution < -0.4 is 5.32 Å². The van der Waals surface area contributed by atoms with E-state index in [0.29, 0.717) is 17.9 Å². The summed E-state index contributed by atoms with van der Waals surface area (Å²) in [5.41, 5.74) is 4.13. The minimum absolute atomic E-state index is 0.367. The molecule has 3 atom stereocenters. The molecule has 0 fully saturated rings. The molecular weight excluding hydrogens is 358 g/mol. The molecule has 24 heavy (non-hydrogen) atoms. The predicted octanol–water partition coefficient (Wildman–Crippen LogP) is 6.43. The molecule has 5 rings (SSSR count). The number of allylic oxidation sites excluding steroid dienone is 2. The Morgan fingerprint density at radius 1 is 0.917 bits per heavy atom. The van der Waals surface area contributed by atoms with Gasteiger partial charge in [0.1, 0.15) is 0 Å². The Labute approximate surface area is 150 Å². The van der Waals surface area contributed by atoms with Crippen LogP contribution in [0, 0.1) is 5.92 Å². The number of hydrogen-bond donors (Lipinski definition) is 1. The second kappa shape index (κ2) is 5.49. The zero-order valence-corrected chi connectivity index (χ0v) is 14.8. The zero-order valence-electron chi connectivity index (χ0n) is 13.2. The third-order valence-electron chi connectivity index (χ3n) is 5.49. The molecule has 1 aliphatic heterocycles. The van der Waals surface area contributed by atoms with Crippen molar-refractivity contribution in [2.45, 2.75) is 18.4 Å². The van der Waals surface area contributed by atoms with E-state index in [4.69, 9.17) is 0 Å². The lowest BCUT2D eigenvalue weighted by Crippen LogP contribution is -2.29. The molecule has 0 amide bonds. The van der Waals surface area contributed by atoms with Gasteiger partial charge < -0.3 is 5.32 Å². The lowest BCUT2D eigenvalue weighted by molar-refractivity contribution is 0.427. The average Bonchev–Trinajstić information content (AvgIpc) is 3.11. The van der Waals surface area contributed by atoms with Crippen LogP contribution >= 0.6 is 15.9 Å². The third kappa shape index (κ3) is 2.13. The van der Waals surface area contributed by atoms with E-state index in [1.165, 1.54) is 27.6 Å². The summed E-state index contributed by atoms with van der Waals surface area (Å²) >= 11 is 3.55. The first-order valence-corrected chi connectivity index (χ1v) is 9.31. The fourth-order valence-electron chi connectivity index (χ4n) is 4.38. The van der Waals surface area contributed by atoms with Crippen molar-refractivity contribution in [2.24, 2.45) is 5.92 Å². The maximum atomic E-state index is 3.84. The van der Waals surface area contributed by atoms with Gasteiger partial charge in [0.15, 0.2) is 0 Å². The van der Waals surface area contributed by atoms with Crippen LogP contribution in [-0.4, -0.2) is 0 Å². The van der Waals surface area contributed by atoms with E-state index < -0.39 is 0 Å². The van der Waals surface area contributed by atoms with Crippen molar-refractivity contribution < 1.29 is 0 Å². The Balaban J connectivity index is 1.67. The summed E-state index contributed by atoms with van der Waals surface area (Å²) in [5.74, 6) is 1.09. The van der Waals surface area contributed by atoms with Gasteiger partial charge in [-0.15, -0.1) is 0 Å². The summed E-state index contributed by atoms with van der Waals surface area (Å²) in [6.07, 6.45) is 5.92. The maximum Gasteiger partial charge on any atom is 0.0553 e. The molecule has 2 aliphatic rings. The van der Waals surface area contributed by atoms with Crippen molar-refractivity contribution >= 4 is 32.4 Å². The summed E-state index contributed by atoms with van der Waals surface area (Å²) < 4.78 is 1.13. The molecule has 1 heterocycles. The molecule has 118 valence electrons. The molecule has 1 nitrogen and oxygen atoms in total. The van der Waals surface area contributed by atoms with Gasteiger partial charge in [-0.05, 0) is 52.4 Å². The molecule has 0 bridgehead atoms. The second-order valence-corrected chi connectivity index (χ2v) is 7.69. The summed E-state index contributed by atoms with van der Waals surface area (Å²) in [6.45, 7) is 0. The molecule has 0 aromatic heterocycles. The molecule has 0 spiro atoms. The molecule has 1 aliphatic carbocycles. The third-order valence-corrected chi connectivity index (χ3v) is 6.01. The van der Waals surface area contributed by atoms with Crippen molar-refractivity contribution in [1.29, 1.82) is 0 Å². The molecule has 0 radical (unpaired) electrons. The van der Waals surface area contributed by atoms with Gasteiger partial charge in [-0.1, -0.05) is 70.5 Å². The molecule has 2 heteroatoms. The van der Waals surface area contributed by atoms with Crippen LogP contribution in [0.1, 0.15) is 29.5 Å². The topological polar surface area (TPSA) is 12.0 Å². The maximum absolute atomic E-state index is 3.84. The quantitative estimate of drug-likeness (QED) is 0.483. The number of fused-ring (bicyclic) bond motifs is 5. The van der Waals surface area contributed by atoms with Crippen LogP contribution in [0.25, 0.3) is 10.8 Å². The zero-order chi connectivity index (χ0) is 16.1. The van der Waals surface area contributed by atoms with Crippen molar-refractivity contribution in [2.75, 3.05) is 5.32 Å². The van der Waals surface area contributed by atoms with Gasteiger partial charge in [0.2, 0.25) is 0 Å². The first-order valence-electron chi connectivity index (χ1n) is 8.51. The second-order valence-electron chi connectivity index (χ2n) is 6.77. The Morgan fingerprint density at radius 2 is 1.75 bits per heavy atom. The predicted molar refractivity (Wildman–Crippen MR) is 104 cm³/mol. The lowest BCUT2D eigenvalue weighted by Gasteiger charge is -2.38. The van der Waals surface area contributed by atoms with Gasteiger partial charge in [0.05, 0.1) is 6.04 Å². The van der Waals surface area contributed by atoms with Crippen LogP contribution in [0.4, 0.5) is 5.69 Å². The largest absolute Gasteiger partial charge is 0.378 e. The van der Waals surface area contributed by atoms with Gasteiger partial charge in [-0.25, -0.2) is 0 Å². The van der Waals surface area contributed by atoms with E-state index >= 15 is 0 Å². The summed E-state index contributed by atoms with van der Waals surface area (Å²) in [6, 6.07) is 22.4. The summed E-state index contributed by atoms with van der Waals surface area (Å²) in [5, 5.41) is 6.56. The van der Waals surface area contributed by atoms with Crippen LogP contribution in [0.5, 0.6) is 0 Å². The van der Waals surface area contributed by atoms with Crippen molar-refractivity contribution in [3.8, 4) is 0 Å². The van der Waals surface area contributed by atoms with E-state index in [2.05, 4.69) is 94.1 Å². The Bertz CT molecular complexity index is 942. The van der Waals surface area contributed by atoms with Crippen LogP contribution in [0.2, 0.25) is 0 Å². The van der Waals surface area contributed by atoms with E-state index in [0.717, 1.165) is 10.9 Å². The molecule has 0 saturated heterocycles. The van der Waals surface area contributed by atoms with E-state index in [1.54, 1.807) is 0 Å². The normalized spacial score (nSPS) is 24.5. The van der Waals surface area contributed by atoms with Crippen LogP contribution in [-0.2, 0) is 0 Å². The molecule has 0 unspecified atom stereocenters. The van der Waals surface area contributed by atoms with Gasteiger partial charge in [0, 0.05) is 16.1 Å². The highest BCUT2D eigenvalue weighted by Gasteiger charge is 2.38. The molecular formula is C22H18BrN. The van der Waals surface area contributed by atoms with Gasteiger partial charge >= 0.3 is 0 Å². The smallest absolute Gasteiger partial charge is 0.0553 e. The Hall–Kier alpha value is -2.06. The van der Waals surface area contributed by atoms with Gasteiger partial charge in [-0.2, -0.15) is 0 Å². The first-order chi connectivity index (χ1) is 11.8.